The summed E-state index contributed by atoms with van der Waals surface area (Å²) in [4.78, 5) is 26.8. The Morgan fingerprint density at radius 1 is 1.65 bits per heavy atom. The van der Waals surface area contributed by atoms with E-state index >= 15 is 0 Å². The quantitative estimate of drug-likeness (QED) is 0.846. The second-order valence-corrected chi connectivity index (χ2v) is 6.68. The molecule has 2 atom stereocenters. The molecule has 1 unspecified atom stereocenters. The van der Waals surface area contributed by atoms with Crippen molar-refractivity contribution >= 4 is 45.2 Å². The fourth-order valence-corrected chi connectivity index (χ4v) is 3.60. The Hall–Kier alpha value is -1.14. The molecule has 0 aromatic carbocycles. The minimum Gasteiger partial charge on any atom is -0.350 e. The van der Waals surface area contributed by atoms with Crippen molar-refractivity contribution in [1.29, 1.82) is 0 Å². The first-order valence-electron chi connectivity index (χ1n) is 6.54. The maximum Gasteiger partial charge on any atom is 0.247 e. The molecular weight excluding hydrogens is 340 g/mol. The second kappa shape index (κ2) is 6.54. The molecule has 1 aliphatic heterocycles. The number of thiophene rings is 1. The maximum atomic E-state index is 12.3. The smallest absolute Gasteiger partial charge is 0.247 e. The number of halogens is 1. The first kappa shape index (κ1) is 15.3. The van der Waals surface area contributed by atoms with Crippen molar-refractivity contribution in [2.45, 2.75) is 32.4 Å². The molecule has 1 saturated heterocycles. The summed E-state index contributed by atoms with van der Waals surface area (Å²) in [6, 6.07) is 1.59. The highest BCUT2D eigenvalue weighted by Gasteiger charge is 2.33. The second-order valence-electron chi connectivity index (χ2n) is 4.82. The number of amides is 2. The van der Waals surface area contributed by atoms with E-state index in [2.05, 4.69) is 21.2 Å². The van der Waals surface area contributed by atoms with Crippen LogP contribution in [0.4, 0.5) is 0 Å². The Bertz CT molecular complexity index is 541. The summed E-state index contributed by atoms with van der Waals surface area (Å²) in [5.74, 6) is -0.171. The predicted octanol–water partition coefficient (Wildman–Crippen LogP) is 2.65. The predicted molar refractivity (Wildman–Crippen MR) is 84.4 cm³/mol. The van der Waals surface area contributed by atoms with Gasteiger partial charge in [-0.25, -0.2) is 0 Å². The van der Waals surface area contributed by atoms with E-state index in [9.17, 15) is 9.59 Å². The molecule has 0 radical (unpaired) electrons. The minimum absolute atomic E-state index is 0.00136. The van der Waals surface area contributed by atoms with Crippen LogP contribution in [0.25, 0.3) is 6.08 Å². The first-order valence-corrected chi connectivity index (χ1v) is 8.21. The van der Waals surface area contributed by atoms with Crippen LogP contribution in [0.3, 0.4) is 0 Å². The third-order valence-corrected chi connectivity index (χ3v) is 4.84. The van der Waals surface area contributed by atoms with Crippen molar-refractivity contribution in [3.63, 3.8) is 0 Å². The van der Waals surface area contributed by atoms with Crippen molar-refractivity contribution in [2.24, 2.45) is 0 Å². The largest absolute Gasteiger partial charge is 0.350 e. The van der Waals surface area contributed by atoms with E-state index in [1.807, 2.05) is 25.3 Å². The highest BCUT2D eigenvalue weighted by molar-refractivity contribution is 9.10. The van der Waals surface area contributed by atoms with Gasteiger partial charge in [0.1, 0.15) is 6.04 Å². The van der Waals surface area contributed by atoms with E-state index in [0.717, 1.165) is 9.35 Å². The van der Waals surface area contributed by atoms with Gasteiger partial charge in [0.25, 0.3) is 0 Å². The maximum absolute atomic E-state index is 12.3. The third-order valence-electron chi connectivity index (χ3n) is 3.19. The zero-order valence-corrected chi connectivity index (χ0v) is 13.8. The van der Waals surface area contributed by atoms with Crippen LogP contribution in [0.5, 0.6) is 0 Å². The summed E-state index contributed by atoms with van der Waals surface area (Å²) >= 11 is 4.94. The lowest BCUT2D eigenvalue weighted by Crippen LogP contribution is -2.60. The van der Waals surface area contributed by atoms with E-state index < -0.39 is 0 Å². The summed E-state index contributed by atoms with van der Waals surface area (Å²) in [7, 11) is 0. The average molecular weight is 357 g/mol. The molecule has 6 heteroatoms. The van der Waals surface area contributed by atoms with Crippen molar-refractivity contribution < 1.29 is 9.59 Å². The van der Waals surface area contributed by atoms with Crippen molar-refractivity contribution in [3.8, 4) is 0 Å². The van der Waals surface area contributed by atoms with Crippen LogP contribution in [0, 0.1) is 0 Å². The van der Waals surface area contributed by atoms with E-state index in [-0.39, 0.29) is 23.9 Å². The molecule has 0 spiro atoms. The van der Waals surface area contributed by atoms with Crippen LogP contribution in [0.2, 0.25) is 0 Å². The van der Waals surface area contributed by atoms with Crippen LogP contribution in [0.15, 0.2) is 22.0 Å². The van der Waals surface area contributed by atoms with Gasteiger partial charge in [0.15, 0.2) is 0 Å². The molecule has 1 aromatic rings. The normalized spacial score (nSPS) is 23.1. The number of nitrogens with zero attached hydrogens (tertiary/aromatic N) is 1. The summed E-state index contributed by atoms with van der Waals surface area (Å²) in [6.07, 6.45) is 3.97. The molecule has 2 rings (SSSR count). The zero-order valence-electron chi connectivity index (χ0n) is 11.4. The van der Waals surface area contributed by atoms with E-state index in [1.165, 1.54) is 0 Å². The Kier molecular flexibility index (Phi) is 4.99. The number of nitrogens with one attached hydrogen (secondary N) is 1. The van der Waals surface area contributed by atoms with Gasteiger partial charge in [-0.3, -0.25) is 9.59 Å². The summed E-state index contributed by atoms with van der Waals surface area (Å²) in [6.45, 7) is 4.38. The molecule has 20 heavy (non-hydrogen) atoms. The standard InChI is InChI=1S/C14H17BrN2O2S/c1-3-12-14(19)16-9(2)7-17(12)13(18)5-4-11-6-10(15)8-20-11/h4-6,8-9,12H,3,7H2,1-2H3,(H,16,19)/t9?,12-/m0/s1. The minimum atomic E-state index is -0.363. The Labute approximate surface area is 131 Å². The molecule has 1 N–H and O–H groups in total. The SMILES string of the molecule is CC[C@H]1C(=O)NC(C)CN1C(=O)C=Cc1cc(Br)cs1. The van der Waals surface area contributed by atoms with Crippen molar-refractivity contribution in [1.82, 2.24) is 10.2 Å². The fraction of sp³-hybridized carbons (Fsp3) is 0.429. The number of hydrogen-bond donors (Lipinski definition) is 1. The molecule has 0 saturated carbocycles. The summed E-state index contributed by atoms with van der Waals surface area (Å²) in [5.41, 5.74) is 0. The zero-order chi connectivity index (χ0) is 14.7. The average Bonchev–Trinajstić information content (AvgIpc) is 2.81. The van der Waals surface area contributed by atoms with Crippen LogP contribution in [-0.4, -0.2) is 35.3 Å². The number of hydrogen-bond acceptors (Lipinski definition) is 3. The Morgan fingerprint density at radius 3 is 3.00 bits per heavy atom. The van der Waals surface area contributed by atoms with Gasteiger partial charge < -0.3 is 10.2 Å². The summed E-state index contributed by atoms with van der Waals surface area (Å²) in [5, 5.41) is 4.85. The van der Waals surface area contributed by atoms with Gasteiger partial charge in [-0.15, -0.1) is 11.3 Å². The lowest BCUT2D eigenvalue weighted by atomic mass is 10.1. The van der Waals surface area contributed by atoms with Crippen LogP contribution in [-0.2, 0) is 9.59 Å². The van der Waals surface area contributed by atoms with E-state index in [4.69, 9.17) is 0 Å². The van der Waals surface area contributed by atoms with Crippen LogP contribution in [0.1, 0.15) is 25.1 Å². The highest BCUT2D eigenvalue weighted by atomic mass is 79.9. The molecule has 2 amide bonds. The Balaban J connectivity index is 2.10. The van der Waals surface area contributed by atoms with E-state index in [1.54, 1.807) is 28.4 Å². The van der Waals surface area contributed by atoms with Gasteiger partial charge in [-0.05, 0) is 41.4 Å². The molecule has 1 aliphatic rings. The van der Waals surface area contributed by atoms with Gasteiger partial charge in [-0.1, -0.05) is 6.92 Å². The molecule has 1 aromatic heterocycles. The lowest BCUT2D eigenvalue weighted by Gasteiger charge is -2.37. The number of carbonyl (C=O) groups excluding carboxylic acids is 2. The topological polar surface area (TPSA) is 49.4 Å². The van der Waals surface area contributed by atoms with Crippen LogP contribution >= 0.6 is 27.3 Å². The lowest BCUT2D eigenvalue weighted by molar-refractivity contribution is -0.141. The summed E-state index contributed by atoms with van der Waals surface area (Å²) < 4.78 is 1.01. The van der Waals surface area contributed by atoms with Crippen LogP contribution < -0.4 is 5.32 Å². The fourth-order valence-electron chi connectivity index (χ4n) is 2.26. The number of piperazine rings is 1. The number of carbonyl (C=O) groups is 2. The molecule has 0 aliphatic carbocycles. The molecule has 1 fully saturated rings. The molecule has 0 bridgehead atoms. The molecule has 4 nitrogen and oxygen atoms in total. The monoisotopic (exact) mass is 356 g/mol. The highest BCUT2D eigenvalue weighted by Crippen LogP contribution is 2.21. The van der Waals surface area contributed by atoms with Gasteiger partial charge >= 0.3 is 0 Å². The van der Waals surface area contributed by atoms with Gasteiger partial charge in [-0.2, -0.15) is 0 Å². The van der Waals surface area contributed by atoms with Gasteiger partial charge in [0, 0.05) is 33.4 Å². The van der Waals surface area contributed by atoms with Crippen molar-refractivity contribution in [3.05, 3.63) is 26.9 Å². The molecule has 2 heterocycles. The number of rotatable bonds is 3. The van der Waals surface area contributed by atoms with Gasteiger partial charge in [0.2, 0.25) is 11.8 Å². The van der Waals surface area contributed by atoms with Gasteiger partial charge in [0.05, 0.1) is 0 Å². The first-order chi connectivity index (χ1) is 9.51. The molecular formula is C14H17BrN2O2S. The van der Waals surface area contributed by atoms with E-state index in [0.29, 0.717) is 13.0 Å². The molecule has 108 valence electrons. The van der Waals surface area contributed by atoms with Crippen molar-refractivity contribution in [2.75, 3.05) is 6.54 Å². The Morgan fingerprint density at radius 2 is 2.40 bits per heavy atom. The third kappa shape index (κ3) is 3.49.